The minimum atomic E-state index is -3.91. The first-order valence-corrected chi connectivity index (χ1v) is 6.73. The van der Waals surface area contributed by atoms with Crippen molar-refractivity contribution in [2.24, 2.45) is 0 Å². The molecular weight excluding hydrogens is 213 g/mol. The Morgan fingerprint density at radius 3 is 2.87 bits per heavy atom. The number of anilines is 1. The second-order valence-electron chi connectivity index (χ2n) is 3.88. The van der Waals surface area contributed by atoms with Crippen LogP contribution in [0, 0.1) is 0 Å². The van der Waals surface area contributed by atoms with Gasteiger partial charge in [-0.25, -0.2) is 0 Å². The first kappa shape index (κ1) is 10.7. The van der Waals surface area contributed by atoms with Gasteiger partial charge in [0, 0.05) is 11.7 Å². The number of hydrogen-bond donors (Lipinski definition) is 3. The van der Waals surface area contributed by atoms with Gasteiger partial charge in [0.15, 0.2) is 0 Å². The van der Waals surface area contributed by atoms with Crippen LogP contribution in [0.4, 0.5) is 5.69 Å². The van der Waals surface area contributed by atoms with Gasteiger partial charge in [-0.05, 0) is 24.5 Å². The van der Waals surface area contributed by atoms with Gasteiger partial charge in [0.1, 0.15) is 0 Å². The van der Waals surface area contributed by atoms with E-state index in [2.05, 4.69) is 5.32 Å². The van der Waals surface area contributed by atoms with Gasteiger partial charge in [-0.3, -0.25) is 4.57 Å². The Kier molecular flexibility index (Phi) is 2.83. The number of benzene rings is 1. The first-order chi connectivity index (χ1) is 7.04. The highest BCUT2D eigenvalue weighted by Gasteiger charge is 2.24. The fraction of sp³-hybridized carbons (Fsp3) is 0.400. The monoisotopic (exact) mass is 227 g/mol. The van der Waals surface area contributed by atoms with Crippen molar-refractivity contribution in [3.8, 4) is 0 Å². The zero-order valence-electron chi connectivity index (χ0n) is 8.26. The van der Waals surface area contributed by atoms with E-state index in [9.17, 15) is 4.57 Å². The molecule has 1 aliphatic heterocycles. The van der Waals surface area contributed by atoms with Gasteiger partial charge < -0.3 is 15.1 Å². The summed E-state index contributed by atoms with van der Waals surface area (Å²) in [5, 5.41) is 3.16. The molecule has 0 radical (unpaired) electrons. The predicted molar refractivity (Wildman–Crippen MR) is 59.1 cm³/mol. The highest BCUT2D eigenvalue weighted by molar-refractivity contribution is 7.51. The molecule has 1 aromatic carbocycles. The molecule has 1 unspecified atom stereocenters. The van der Waals surface area contributed by atoms with Crippen molar-refractivity contribution in [3.63, 3.8) is 0 Å². The van der Waals surface area contributed by atoms with Crippen LogP contribution in [-0.4, -0.2) is 22.0 Å². The molecule has 4 nitrogen and oxygen atoms in total. The summed E-state index contributed by atoms with van der Waals surface area (Å²) in [6.07, 6.45) is 1.58. The quantitative estimate of drug-likeness (QED) is 0.671. The van der Waals surface area contributed by atoms with Gasteiger partial charge in [-0.15, -0.1) is 0 Å². The fourth-order valence-electron chi connectivity index (χ4n) is 1.92. The minimum Gasteiger partial charge on any atom is -0.381 e. The SMILES string of the molecule is O=P(O)(O)CC1CCc2ccccc2N1. The molecule has 0 saturated carbocycles. The van der Waals surface area contributed by atoms with Crippen LogP contribution in [0.5, 0.6) is 0 Å². The van der Waals surface area contributed by atoms with Crippen molar-refractivity contribution in [3.05, 3.63) is 29.8 Å². The van der Waals surface area contributed by atoms with Gasteiger partial charge >= 0.3 is 7.60 Å². The van der Waals surface area contributed by atoms with Gasteiger partial charge in [-0.2, -0.15) is 0 Å². The smallest absolute Gasteiger partial charge is 0.327 e. The first-order valence-electron chi connectivity index (χ1n) is 4.93. The van der Waals surface area contributed by atoms with E-state index in [-0.39, 0.29) is 12.2 Å². The summed E-state index contributed by atoms with van der Waals surface area (Å²) in [6, 6.07) is 7.77. The van der Waals surface area contributed by atoms with Gasteiger partial charge in [0.25, 0.3) is 0 Å². The second kappa shape index (κ2) is 3.97. The molecule has 0 aromatic heterocycles. The number of aryl methyl sites for hydroxylation is 1. The summed E-state index contributed by atoms with van der Waals surface area (Å²) in [5.74, 6) is 0. The van der Waals surface area contributed by atoms with E-state index in [4.69, 9.17) is 9.79 Å². The molecule has 1 aromatic rings. The molecule has 0 fully saturated rings. The van der Waals surface area contributed by atoms with Crippen molar-refractivity contribution >= 4 is 13.3 Å². The van der Waals surface area contributed by atoms with E-state index >= 15 is 0 Å². The Morgan fingerprint density at radius 2 is 2.13 bits per heavy atom. The topological polar surface area (TPSA) is 69.6 Å². The molecule has 1 atom stereocenters. The van der Waals surface area contributed by atoms with Crippen molar-refractivity contribution in [2.45, 2.75) is 18.9 Å². The Balaban J connectivity index is 2.09. The summed E-state index contributed by atoms with van der Waals surface area (Å²) >= 11 is 0. The lowest BCUT2D eigenvalue weighted by atomic mass is 9.99. The van der Waals surface area contributed by atoms with E-state index < -0.39 is 7.60 Å². The summed E-state index contributed by atoms with van der Waals surface area (Å²) in [7, 11) is -3.91. The van der Waals surface area contributed by atoms with E-state index in [1.165, 1.54) is 5.56 Å². The minimum absolute atomic E-state index is 0.0820. The third-order valence-corrected chi connectivity index (χ3v) is 3.51. The highest BCUT2D eigenvalue weighted by Crippen LogP contribution is 2.38. The third-order valence-electron chi connectivity index (χ3n) is 2.60. The largest absolute Gasteiger partial charge is 0.381 e. The highest BCUT2D eigenvalue weighted by atomic mass is 31.2. The average molecular weight is 227 g/mol. The zero-order chi connectivity index (χ0) is 10.9. The number of fused-ring (bicyclic) bond motifs is 1. The molecule has 1 aliphatic rings. The van der Waals surface area contributed by atoms with Crippen LogP contribution in [0.3, 0.4) is 0 Å². The number of para-hydroxylation sites is 1. The lowest BCUT2D eigenvalue weighted by molar-refractivity contribution is 0.368. The maximum atomic E-state index is 10.9. The second-order valence-corrected chi connectivity index (χ2v) is 5.58. The molecule has 3 N–H and O–H groups in total. The molecule has 5 heteroatoms. The Labute approximate surface area is 88.5 Å². The van der Waals surface area contributed by atoms with Gasteiger partial charge in [-0.1, -0.05) is 18.2 Å². The van der Waals surface area contributed by atoms with Crippen molar-refractivity contribution in [1.29, 1.82) is 0 Å². The van der Waals surface area contributed by atoms with Crippen LogP contribution >= 0.6 is 7.60 Å². The third kappa shape index (κ3) is 2.81. The molecule has 0 amide bonds. The van der Waals surface area contributed by atoms with Crippen molar-refractivity contribution in [1.82, 2.24) is 0 Å². The summed E-state index contributed by atoms with van der Waals surface area (Å²) in [5.41, 5.74) is 2.22. The Hall–Kier alpha value is -0.830. The maximum absolute atomic E-state index is 10.9. The number of nitrogens with one attached hydrogen (secondary N) is 1. The lowest BCUT2D eigenvalue weighted by Crippen LogP contribution is -2.28. The lowest BCUT2D eigenvalue weighted by Gasteiger charge is -2.27. The molecule has 15 heavy (non-hydrogen) atoms. The van der Waals surface area contributed by atoms with Crippen LogP contribution in [0.1, 0.15) is 12.0 Å². The van der Waals surface area contributed by atoms with Gasteiger partial charge in [0.2, 0.25) is 0 Å². The molecule has 82 valence electrons. The van der Waals surface area contributed by atoms with E-state index in [1.54, 1.807) is 0 Å². The Bertz CT molecular complexity index is 401. The van der Waals surface area contributed by atoms with Crippen molar-refractivity contribution in [2.75, 3.05) is 11.5 Å². The molecule has 0 saturated heterocycles. The maximum Gasteiger partial charge on any atom is 0.327 e. The summed E-state index contributed by atoms with van der Waals surface area (Å²) < 4.78 is 10.9. The number of rotatable bonds is 2. The van der Waals surface area contributed by atoms with Crippen LogP contribution in [-0.2, 0) is 11.0 Å². The van der Waals surface area contributed by atoms with Crippen molar-refractivity contribution < 1.29 is 14.4 Å². The van der Waals surface area contributed by atoms with Crippen LogP contribution < -0.4 is 5.32 Å². The Morgan fingerprint density at radius 1 is 1.40 bits per heavy atom. The summed E-state index contributed by atoms with van der Waals surface area (Å²) in [6.45, 7) is 0. The average Bonchev–Trinajstić information content (AvgIpc) is 2.15. The molecule has 0 aliphatic carbocycles. The molecule has 1 heterocycles. The van der Waals surface area contributed by atoms with E-state index in [0.29, 0.717) is 0 Å². The normalized spacial score (nSPS) is 20.5. The molecule has 2 rings (SSSR count). The van der Waals surface area contributed by atoms with E-state index in [1.807, 2.05) is 24.3 Å². The standard InChI is InChI=1S/C10H14NO3P/c12-15(13,14)7-9-6-5-8-3-1-2-4-10(8)11-9/h1-4,9,11H,5-7H2,(H2,12,13,14). The molecule has 0 bridgehead atoms. The van der Waals surface area contributed by atoms with Gasteiger partial charge in [0.05, 0.1) is 6.16 Å². The predicted octanol–water partition coefficient (Wildman–Crippen LogP) is 1.59. The molecule has 0 spiro atoms. The molecular formula is C10H14NO3P. The van der Waals surface area contributed by atoms with Crippen LogP contribution in [0.25, 0.3) is 0 Å². The fourth-order valence-corrected chi connectivity index (χ4v) is 2.77. The van der Waals surface area contributed by atoms with Crippen LogP contribution in [0.15, 0.2) is 24.3 Å². The van der Waals surface area contributed by atoms with Crippen LogP contribution in [0.2, 0.25) is 0 Å². The summed E-state index contributed by atoms with van der Waals surface area (Å²) in [4.78, 5) is 17.8. The number of hydrogen-bond acceptors (Lipinski definition) is 2. The van der Waals surface area contributed by atoms with E-state index in [0.717, 1.165) is 18.5 Å². The zero-order valence-corrected chi connectivity index (χ0v) is 9.15.